The Balaban J connectivity index is 1.37. The van der Waals surface area contributed by atoms with E-state index in [0.29, 0.717) is 12.3 Å². The molecule has 7 nitrogen and oxygen atoms in total. The molecule has 0 fully saturated rings. The molecule has 4 aromatic rings. The van der Waals surface area contributed by atoms with E-state index in [-0.39, 0.29) is 18.1 Å². The van der Waals surface area contributed by atoms with Crippen molar-refractivity contribution in [3.63, 3.8) is 0 Å². The Bertz CT molecular complexity index is 1160. The molecule has 0 atom stereocenters. The fraction of sp³-hybridized carbons (Fsp3) is 0.0800. The second-order valence-electron chi connectivity index (χ2n) is 7.07. The molecule has 32 heavy (non-hydrogen) atoms. The maximum absolute atomic E-state index is 12.6. The van der Waals surface area contributed by atoms with Crippen LogP contribution >= 0.6 is 0 Å². The van der Waals surface area contributed by atoms with Crippen LogP contribution in [0.1, 0.15) is 16.1 Å². The number of carbonyl (C=O) groups is 2. The van der Waals surface area contributed by atoms with Gasteiger partial charge >= 0.3 is 0 Å². The van der Waals surface area contributed by atoms with Crippen molar-refractivity contribution in [2.45, 2.75) is 6.54 Å². The van der Waals surface area contributed by atoms with E-state index in [9.17, 15) is 9.59 Å². The predicted octanol–water partition coefficient (Wildman–Crippen LogP) is 3.81. The number of benzene rings is 3. The van der Waals surface area contributed by atoms with E-state index < -0.39 is 5.91 Å². The minimum Gasteiger partial charge on any atom is -0.355 e. The number of hydrogen-bond acceptors (Lipinski definition) is 5. The first-order chi connectivity index (χ1) is 15.7. The number of nitrogens with zero attached hydrogens (tertiary/aromatic N) is 2. The van der Waals surface area contributed by atoms with Crippen molar-refractivity contribution in [3.05, 3.63) is 108 Å². The fourth-order valence-electron chi connectivity index (χ4n) is 3.13. The monoisotopic (exact) mass is 426 g/mol. The molecule has 1 aromatic heterocycles. The van der Waals surface area contributed by atoms with Crippen molar-refractivity contribution in [1.82, 2.24) is 15.9 Å². The summed E-state index contributed by atoms with van der Waals surface area (Å²) in [6, 6.07) is 30.2. The molecule has 0 saturated heterocycles. The average Bonchev–Trinajstić information content (AvgIpc) is 3.34. The van der Waals surface area contributed by atoms with Crippen LogP contribution in [-0.4, -0.2) is 23.5 Å². The first kappa shape index (κ1) is 20.9. The summed E-state index contributed by atoms with van der Waals surface area (Å²) >= 11 is 0. The number of para-hydroxylation sites is 1. The van der Waals surface area contributed by atoms with Gasteiger partial charge in [-0.15, -0.1) is 0 Å². The van der Waals surface area contributed by atoms with Crippen molar-refractivity contribution in [3.8, 4) is 11.3 Å². The smallest absolute Gasteiger partial charge is 0.273 e. The molecule has 1 heterocycles. The van der Waals surface area contributed by atoms with E-state index in [1.165, 1.54) is 0 Å². The molecule has 0 aliphatic heterocycles. The normalized spacial score (nSPS) is 10.4. The summed E-state index contributed by atoms with van der Waals surface area (Å²) in [4.78, 5) is 25.0. The van der Waals surface area contributed by atoms with Gasteiger partial charge in [-0.2, -0.15) is 0 Å². The van der Waals surface area contributed by atoms with Gasteiger partial charge in [-0.05, 0) is 17.7 Å². The summed E-state index contributed by atoms with van der Waals surface area (Å²) in [7, 11) is 0. The van der Waals surface area contributed by atoms with Gasteiger partial charge in [0.2, 0.25) is 0 Å². The molecule has 0 bridgehead atoms. The molecule has 160 valence electrons. The molecular formula is C25H22N4O3. The zero-order chi connectivity index (χ0) is 22.2. The van der Waals surface area contributed by atoms with Crippen molar-refractivity contribution in [1.29, 1.82) is 0 Å². The van der Waals surface area contributed by atoms with Crippen LogP contribution in [0.4, 0.5) is 5.69 Å². The lowest BCUT2D eigenvalue weighted by atomic mass is 10.1. The Morgan fingerprint density at radius 3 is 2.16 bits per heavy atom. The van der Waals surface area contributed by atoms with Crippen LogP contribution in [-0.2, 0) is 11.3 Å². The van der Waals surface area contributed by atoms with Crippen molar-refractivity contribution >= 4 is 17.5 Å². The van der Waals surface area contributed by atoms with E-state index in [1.54, 1.807) is 11.1 Å². The quantitative estimate of drug-likeness (QED) is 0.419. The number of rotatable bonds is 8. The third-order valence-corrected chi connectivity index (χ3v) is 4.72. The second-order valence-corrected chi connectivity index (χ2v) is 7.07. The average molecular weight is 426 g/mol. The topological polar surface area (TPSA) is 87.5 Å². The van der Waals surface area contributed by atoms with Gasteiger partial charge in [-0.25, -0.2) is 0 Å². The Morgan fingerprint density at radius 2 is 1.47 bits per heavy atom. The summed E-state index contributed by atoms with van der Waals surface area (Å²) in [5, 5.41) is 8.13. The van der Waals surface area contributed by atoms with E-state index in [4.69, 9.17) is 4.52 Å². The lowest BCUT2D eigenvalue weighted by molar-refractivity contribution is -0.120. The lowest BCUT2D eigenvalue weighted by Gasteiger charge is -2.25. The fourth-order valence-corrected chi connectivity index (χ4v) is 3.13. The van der Waals surface area contributed by atoms with Crippen LogP contribution in [0.25, 0.3) is 11.3 Å². The lowest BCUT2D eigenvalue weighted by Crippen LogP contribution is -2.46. The van der Waals surface area contributed by atoms with Crippen molar-refractivity contribution in [2.75, 3.05) is 11.6 Å². The van der Waals surface area contributed by atoms with Crippen LogP contribution in [0.2, 0.25) is 0 Å². The van der Waals surface area contributed by atoms with E-state index in [1.807, 2.05) is 91.0 Å². The van der Waals surface area contributed by atoms with Gasteiger partial charge in [0.25, 0.3) is 11.8 Å². The number of nitrogens with one attached hydrogen (secondary N) is 2. The standard InChI is InChI=1S/C25H22N4O3/c30-24(17-26-25(31)22-16-23(32-28-22)20-12-6-2-7-13-20)27-29(21-14-8-3-9-15-21)18-19-10-4-1-5-11-19/h1-16H,17-18H2,(H,26,31)(H,27,30). The van der Waals surface area contributed by atoms with E-state index in [2.05, 4.69) is 15.9 Å². The zero-order valence-electron chi connectivity index (χ0n) is 17.3. The van der Waals surface area contributed by atoms with Crippen LogP contribution in [0.3, 0.4) is 0 Å². The third kappa shape index (κ3) is 5.40. The molecule has 2 N–H and O–H groups in total. The number of hydrazine groups is 1. The third-order valence-electron chi connectivity index (χ3n) is 4.72. The molecule has 0 unspecified atom stereocenters. The second kappa shape index (κ2) is 10.1. The Morgan fingerprint density at radius 1 is 0.844 bits per heavy atom. The maximum Gasteiger partial charge on any atom is 0.273 e. The minimum absolute atomic E-state index is 0.112. The highest BCUT2D eigenvalue weighted by Gasteiger charge is 2.16. The molecule has 4 rings (SSSR count). The maximum atomic E-state index is 12.6. The summed E-state index contributed by atoms with van der Waals surface area (Å²) in [6.45, 7) is 0.277. The van der Waals surface area contributed by atoms with E-state index in [0.717, 1.165) is 16.8 Å². The van der Waals surface area contributed by atoms with Crippen LogP contribution in [0.15, 0.2) is 102 Å². The summed E-state index contributed by atoms with van der Waals surface area (Å²) in [5.74, 6) is -0.358. The van der Waals surface area contributed by atoms with Gasteiger partial charge in [0.15, 0.2) is 11.5 Å². The van der Waals surface area contributed by atoms with Gasteiger partial charge < -0.3 is 9.84 Å². The molecule has 0 aliphatic carbocycles. The molecule has 2 amide bonds. The molecular weight excluding hydrogens is 404 g/mol. The summed E-state index contributed by atoms with van der Waals surface area (Å²) < 4.78 is 5.25. The Labute approximate surface area is 185 Å². The summed E-state index contributed by atoms with van der Waals surface area (Å²) in [5.41, 5.74) is 5.66. The summed E-state index contributed by atoms with van der Waals surface area (Å²) in [6.07, 6.45) is 0. The van der Waals surface area contributed by atoms with Crippen molar-refractivity contribution in [2.24, 2.45) is 0 Å². The number of aromatic nitrogens is 1. The van der Waals surface area contributed by atoms with Crippen LogP contribution in [0, 0.1) is 0 Å². The Kier molecular flexibility index (Phi) is 6.57. The highest BCUT2D eigenvalue weighted by atomic mass is 16.5. The zero-order valence-corrected chi connectivity index (χ0v) is 17.3. The minimum atomic E-state index is -0.486. The van der Waals surface area contributed by atoms with Gasteiger partial charge in [0.05, 0.1) is 18.8 Å². The highest BCUT2D eigenvalue weighted by molar-refractivity contribution is 5.95. The first-order valence-corrected chi connectivity index (χ1v) is 10.2. The number of amides is 2. The van der Waals surface area contributed by atoms with Gasteiger partial charge in [-0.3, -0.25) is 20.0 Å². The predicted molar refractivity (Wildman–Crippen MR) is 121 cm³/mol. The van der Waals surface area contributed by atoms with Crippen LogP contribution < -0.4 is 15.8 Å². The molecule has 0 radical (unpaired) electrons. The first-order valence-electron chi connectivity index (χ1n) is 10.2. The number of carbonyl (C=O) groups excluding carboxylic acids is 2. The SMILES string of the molecule is O=C(CNC(=O)c1cc(-c2ccccc2)on1)NN(Cc1ccccc1)c1ccccc1. The number of anilines is 1. The molecule has 0 spiro atoms. The molecule has 0 aliphatic rings. The van der Waals surface area contributed by atoms with Crippen molar-refractivity contribution < 1.29 is 14.1 Å². The van der Waals surface area contributed by atoms with E-state index >= 15 is 0 Å². The van der Waals surface area contributed by atoms with Gasteiger partial charge in [-0.1, -0.05) is 84.0 Å². The van der Waals surface area contributed by atoms with Crippen LogP contribution in [0.5, 0.6) is 0 Å². The molecule has 3 aromatic carbocycles. The molecule has 0 saturated carbocycles. The highest BCUT2D eigenvalue weighted by Crippen LogP contribution is 2.19. The number of hydrogen-bond donors (Lipinski definition) is 2. The Hall–Kier alpha value is -4.39. The molecule has 7 heteroatoms. The van der Waals surface area contributed by atoms with Gasteiger partial charge in [0, 0.05) is 11.6 Å². The van der Waals surface area contributed by atoms with Gasteiger partial charge in [0.1, 0.15) is 0 Å². The largest absolute Gasteiger partial charge is 0.355 e.